The van der Waals surface area contributed by atoms with Crippen LogP contribution in [-0.4, -0.2) is 35.4 Å². The molecule has 6 nitrogen and oxygen atoms in total. The largest absolute Gasteiger partial charge is 0.481 e. The van der Waals surface area contributed by atoms with E-state index in [1.807, 2.05) is 14.0 Å². The van der Waals surface area contributed by atoms with Gasteiger partial charge in [0.05, 0.1) is 31.5 Å². The molecule has 1 aliphatic heterocycles. The van der Waals surface area contributed by atoms with Gasteiger partial charge in [-0.3, -0.25) is 4.99 Å². The average Bonchev–Trinajstić information content (AvgIpc) is 2.80. The fourth-order valence-corrected chi connectivity index (χ4v) is 1.97. The number of aliphatic imine (C=N–C) groups is 1. The molecule has 1 aromatic rings. The van der Waals surface area contributed by atoms with Gasteiger partial charge in [-0.2, -0.15) is 5.10 Å². The molecule has 102 valence electrons. The van der Waals surface area contributed by atoms with Gasteiger partial charge in [-0.1, -0.05) is 0 Å². The molecule has 1 unspecified atom stereocenters. The summed E-state index contributed by atoms with van der Waals surface area (Å²) >= 11 is 0. The number of aromatic nitrogens is 2. The lowest BCUT2D eigenvalue weighted by Crippen LogP contribution is -2.37. The van der Waals surface area contributed by atoms with Crippen molar-refractivity contribution in [2.45, 2.75) is 26.4 Å². The predicted molar refractivity (Wildman–Crippen MR) is 81.7 cm³/mol. The first kappa shape index (κ1) is 15.1. The Kier molecular flexibility index (Phi) is 5.24. The van der Waals surface area contributed by atoms with E-state index >= 15 is 0 Å². The highest BCUT2D eigenvalue weighted by molar-refractivity contribution is 14.0. The van der Waals surface area contributed by atoms with E-state index in [9.17, 15) is 0 Å². The first-order chi connectivity index (χ1) is 8.11. The van der Waals surface area contributed by atoms with Crippen LogP contribution in [0.5, 0.6) is 5.88 Å². The van der Waals surface area contributed by atoms with Gasteiger partial charge in [0.2, 0.25) is 5.88 Å². The van der Waals surface area contributed by atoms with Gasteiger partial charge in [-0.25, -0.2) is 4.68 Å². The third-order valence-electron chi connectivity index (χ3n) is 2.82. The maximum atomic E-state index is 5.33. The minimum Gasteiger partial charge on any atom is -0.481 e. The molecule has 7 heteroatoms. The molecule has 0 fully saturated rings. The Bertz CT molecular complexity index is 443. The Morgan fingerprint density at radius 3 is 2.83 bits per heavy atom. The van der Waals surface area contributed by atoms with Crippen LogP contribution in [0.2, 0.25) is 0 Å². The second-order valence-electron chi connectivity index (χ2n) is 4.29. The van der Waals surface area contributed by atoms with Gasteiger partial charge in [0.1, 0.15) is 0 Å². The summed E-state index contributed by atoms with van der Waals surface area (Å²) in [5.74, 6) is 1.64. The topological polar surface area (TPSA) is 63.5 Å². The molecule has 1 atom stereocenters. The van der Waals surface area contributed by atoms with Crippen molar-refractivity contribution < 1.29 is 4.74 Å². The van der Waals surface area contributed by atoms with E-state index in [-0.39, 0.29) is 24.0 Å². The van der Waals surface area contributed by atoms with Crippen LogP contribution in [-0.2, 0) is 13.6 Å². The van der Waals surface area contributed by atoms with Gasteiger partial charge in [-0.05, 0) is 13.8 Å². The number of rotatable bonds is 3. The fraction of sp³-hybridized carbons (Fsp3) is 0.636. The van der Waals surface area contributed by atoms with Crippen LogP contribution in [0.1, 0.15) is 18.2 Å². The number of guanidine groups is 1. The number of nitrogens with zero attached hydrogens (tertiary/aromatic N) is 3. The monoisotopic (exact) mass is 365 g/mol. The predicted octanol–water partition coefficient (Wildman–Crippen LogP) is 0.792. The van der Waals surface area contributed by atoms with Crippen LogP contribution >= 0.6 is 24.0 Å². The number of nitrogens with one attached hydrogen (secondary N) is 2. The van der Waals surface area contributed by atoms with Crippen LogP contribution in [0, 0.1) is 6.92 Å². The summed E-state index contributed by atoms with van der Waals surface area (Å²) in [7, 11) is 3.54. The molecule has 1 aliphatic rings. The molecule has 0 spiro atoms. The summed E-state index contributed by atoms with van der Waals surface area (Å²) in [4.78, 5) is 4.35. The van der Waals surface area contributed by atoms with Gasteiger partial charge < -0.3 is 15.4 Å². The van der Waals surface area contributed by atoms with Crippen LogP contribution in [0.25, 0.3) is 0 Å². The lowest BCUT2D eigenvalue weighted by molar-refractivity contribution is 0.369. The minimum atomic E-state index is 0. The quantitative estimate of drug-likeness (QED) is 0.778. The van der Waals surface area contributed by atoms with Crippen LogP contribution in [0.4, 0.5) is 0 Å². The van der Waals surface area contributed by atoms with Crippen molar-refractivity contribution in [2.75, 3.05) is 13.7 Å². The second kappa shape index (κ2) is 6.26. The Morgan fingerprint density at radius 2 is 2.28 bits per heavy atom. The molecule has 0 radical (unpaired) electrons. The van der Waals surface area contributed by atoms with Crippen molar-refractivity contribution in [2.24, 2.45) is 12.0 Å². The number of aryl methyl sites for hydroxylation is 2. The van der Waals surface area contributed by atoms with Gasteiger partial charge in [0.25, 0.3) is 0 Å². The number of methoxy groups -OCH3 is 1. The Hall–Kier alpha value is -0.990. The van der Waals surface area contributed by atoms with Crippen LogP contribution in [0.3, 0.4) is 0 Å². The van der Waals surface area contributed by atoms with Gasteiger partial charge in [-0.15, -0.1) is 24.0 Å². The van der Waals surface area contributed by atoms with Crippen LogP contribution < -0.4 is 15.4 Å². The molecule has 2 N–H and O–H groups in total. The van der Waals surface area contributed by atoms with E-state index in [1.54, 1.807) is 11.8 Å². The highest BCUT2D eigenvalue weighted by atomic mass is 127. The van der Waals surface area contributed by atoms with Gasteiger partial charge >= 0.3 is 0 Å². The Morgan fingerprint density at radius 1 is 1.56 bits per heavy atom. The third-order valence-corrected chi connectivity index (χ3v) is 2.82. The summed E-state index contributed by atoms with van der Waals surface area (Å²) < 4.78 is 7.08. The van der Waals surface area contributed by atoms with Crippen molar-refractivity contribution in [1.82, 2.24) is 20.4 Å². The number of halogens is 1. The normalized spacial score (nSPS) is 17.8. The molecule has 0 saturated heterocycles. The smallest absolute Gasteiger partial charge is 0.216 e. The van der Waals surface area contributed by atoms with Crippen molar-refractivity contribution >= 4 is 29.9 Å². The number of hydrogen-bond acceptors (Lipinski definition) is 5. The summed E-state index contributed by atoms with van der Waals surface area (Å²) in [5, 5.41) is 10.9. The highest BCUT2D eigenvalue weighted by Gasteiger charge is 2.16. The van der Waals surface area contributed by atoms with E-state index in [0.29, 0.717) is 12.6 Å². The first-order valence-corrected chi connectivity index (χ1v) is 5.73. The van der Waals surface area contributed by atoms with E-state index in [0.717, 1.165) is 29.6 Å². The molecule has 1 aromatic heterocycles. The Balaban J connectivity index is 0.00000162. The first-order valence-electron chi connectivity index (χ1n) is 5.73. The highest BCUT2D eigenvalue weighted by Crippen LogP contribution is 2.20. The average molecular weight is 365 g/mol. The lowest BCUT2D eigenvalue weighted by Gasteiger charge is -2.09. The summed E-state index contributed by atoms with van der Waals surface area (Å²) in [6.45, 7) is 5.58. The van der Waals surface area contributed by atoms with E-state index in [2.05, 4.69) is 27.6 Å². The fourth-order valence-electron chi connectivity index (χ4n) is 1.97. The zero-order chi connectivity index (χ0) is 12.4. The molecule has 0 saturated carbocycles. The number of ether oxygens (including phenoxy) is 1. The molecule has 0 aliphatic carbocycles. The summed E-state index contributed by atoms with van der Waals surface area (Å²) in [6.07, 6.45) is 0. The van der Waals surface area contributed by atoms with Crippen molar-refractivity contribution in [3.63, 3.8) is 0 Å². The molecule has 18 heavy (non-hydrogen) atoms. The molecule has 2 rings (SSSR count). The maximum absolute atomic E-state index is 5.33. The lowest BCUT2D eigenvalue weighted by atomic mass is 10.2. The van der Waals surface area contributed by atoms with Crippen molar-refractivity contribution in [3.05, 3.63) is 11.3 Å². The molecule has 0 amide bonds. The standard InChI is InChI=1S/C11H19N5O.HI/c1-7-5-12-11(14-7)13-6-9-8(2)15-16(3)10(9)17-4;/h7H,5-6H2,1-4H3,(H2,12,13,14);1H. The molecule has 0 bridgehead atoms. The molecular weight excluding hydrogens is 345 g/mol. The zero-order valence-electron chi connectivity index (χ0n) is 11.1. The van der Waals surface area contributed by atoms with E-state index in [4.69, 9.17) is 4.74 Å². The van der Waals surface area contributed by atoms with Crippen molar-refractivity contribution in [3.8, 4) is 5.88 Å². The summed E-state index contributed by atoms with van der Waals surface area (Å²) in [6, 6.07) is 0.411. The SMILES string of the molecule is COc1c(CNC2=NCC(C)N2)c(C)nn1C.I. The Labute approximate surface area is 124 Å². The van der Waals surface area contributed by atoms with Gasteiger partial charge in [0.15, 0.2) is 5.96 Å². The van der Waals surface area contributed by atoms with Gasteiger partial charge in [0, 0.05) is 13.1 Å². The minimum absolute atomic E-state index is 0. The maximum Gasteiger partial charge on any atom is 0.216 e. The van der Waals surface area contributed by atoms with E-state index in [1.165, 1.54) is 0 Å². The third kappa shape index (κ3) is 3.06. The van der Waals surface area contributed by atoms with E-state index < -0.39 is 0 Å². The number of hydrogen-bond donors (Lipinski definition) is 2. The molecular formula is C11H20IN5O. The zero-order valence-corrected chi connectivity index (χ0v) is 13.5. The van der Waals surface area contributed by atoms with Crippen molar-refractivity contribution in [1.29, 1.82) is 0 Å². The molecule has 0 aromatic carbocycles. The summed E-state index contributed by atoms with van der Waals surface area (Å²) in [5.41, 5.74) is 2.04. The molecule has 2 heterocycles. The second-order valence-corrected chi connectivity index (χ2v) is 4.29. The van der Waals surface area contributed by atoms with Crippen LogP contribution in [0.15, 0.2) is 4.99 Å².